The standard InChI is InChI=1S/C24H32N2O4S/c1-5-18-11-9-12-19(6-2)23(18)25-24(27)20-13-14-21(30-4)22(16-20)31(28,29)26-15-8-7-10-17(26)3/h9,11-14,16-17H,5-8,10,15H2,1-4H3,(H,25,27). The largest absolute Gasteiger partial charge is 0.495 e. The maximum Gasteiger partial charge on any atom is 0.255 e. The predicted molar refractivity (Wildman–Crippen MR) is 123 cm³/mol. The molecular formula is C24H32N2O4S. The van der Waals surface area contributed by atoms with E-state index in [2.05, 4.69) is 5.32 Å². The summed E-state index contributed by atoms with van der Waals surface area (Å²) in [6.45, 7) is 6.49. The van der Waals surface area contributed by atoms with Crippen LogP contribution in [0.1, 0.15) is 61.5 Å². The van der Waals surface area contributed by atoms with Crippen molar-refractivity contribution in [2.75, 3.05) is 19.0 Å². The Hall–Kier alpha value is -2.38. The Bertz CT molecular complexity index is 1030. The summed E-state index contributed by atoms with van der Waals surface area (Å²) in [5.74, 6) is -0.0843. The van der Waals surface area contributed by atoms with Gasteiger partial charge in [-0.2, -0.15) is 4.31 Å². The number of para-hydroxylation sites is 1. The van der Waals surface area contributed by atoms with E-state index in [-0.39, 0.29) is 28.2 Å². The number of hydrogen-bond donors (Lipinski definition) is 1. The van der Waals surface area contributed by atoms with Crippen molar-refractivity contribution in [3.8, 4) is 5.75 Å². The number of carbonyl (C=O) groups excluding carboxylic acids is 1. The van der Waals surface area contributed by atoms with Gasteiger partial charge < -0.3 is 10.1 Å². The topological polar surface area (TPSA) is 75.7 Å². The molecule has 1 atom stereocenters. The quantitative estimate of drug-likeness (QED) is 0.675. The zero-order chi connectivity index (χ0) is 22.6. The van der Waals surface area contributed by atoms with Gasteiger partial charge in [0.2, 0.25) is 10.0 Å². The van der Waals surface area contributed by atoms with Crippen LogP contribution in [0.15, 0.2) is 41.3 Å². The summed E-state index contributed by atoms with van der Waals surface area (Å²) in [6, 6.07) is 10.5. The van der Waals surface area contributed by atoms with Crippen molar-refractivity contribution in [2.45, 2.75) is 63.8 Å². The minimum absolute atomic E-state index is 0.0379. The van der Waals surface area contributed by atoms with Gasteiger partial charge in [0.1, 0.15) is 10.6 Å². The van der Waals surface area contributed by atoms with E-state index in [4.69, 9.17) is 4.74 Å². The summed E-state index contributed by atoms with van der Waals surface area (Å²) >= 11 is 0. The number of methoxy groups -OCH3 is 1. The Balaban J connectivity index is 1.98. The number of nitrogens with zero attached hydrogens (tertiary/aromatic N) is 1. The smallest absolute Gasteiger partial charge is 0.255 e. The number of sulfonamides is 1. The molecular weight excluding hydrogens is 412 g/mol. The van der Waals surface area contributed by atoms with Crippen molar-refractivity contribution >= 4 is 21.6 Å². The highest BCUT2D eigenvalue weighted by molar-refractivity contribution is 7.89. The van der Waals surface area contributed by atoms with Gasteiger partial charge in [-0.15, -0.1) is 0 Å². The lowest BCUT2D eigenvalue weighted by atomic mass is 10.0. The van der Waals surface area contributed by atoms with Crippen LogP contribution in [0.4, 0.5) is 5.69 Å². The Morgan fingerprint density at radius 3 is 2.39 bits per heavy atom. The highest BCUT2D eigenvalue weighted by Crippen LogP contribution is 2.32. The first-order valence-corrected chi connectivity index (χ1v) is 12.4. The molecule has 3 rings (SSSR count). The fourth-order valence-electron chi connectivity index (χ4n) is 4.16. The van der Waals surface area contributed by atoms with Gasteiger partial charge in [-0.3, -0.25) is 4.79 Å². The zero-order valence-corrected chi connectivity index (χ0v) is 19.6. The summed E-state index contributed by atoms with van der Waals surface area (Å²) in [4.78, 5) is 13.1. The number of hydrogen-bond acceptors (Lipinski definition) is 4. The molecule has 0 radical (unpaired) electrons. The highest BCUT2D eigenvalue weighted by atomic mass is 32.2. The molecule has 0 saturated carbocycles. The van der Waals surface area contributed by atoms with Gasteiger partial charge in [0.25, 0.3) is 5.91 Å². The number of amides is 1. The van der Waals surface area contributed by atoms with Crippen LogP contribution in [0.2, 0.25) is 0 Å². The number of anilines is 1. The molecule has 0 spiro atoms. The Morgan fingerprint density at radius 1 is 1.13 bits per heavy atom. The molecule has 31 heavy (non-hydrogen) atoms. The number of carbonyl (C=O) groups is 1. The molecule has 0 aromatic heterocycles. The summed E-state index contributed by atoms with van der Waals surface area (Å²) in [6.07, 6.45) is 4.26. The fourth-order valence-corrected chi connectivity index (χ4v) is 6.05. The van der Waals surface area contributed by atoms with E-state index < -0.39 is 10.0 Å². The summed E-state index contributed by atoms with van der Waals surface area (Å²) in [5.41, 5.74) is 3.20. The van der Waals surface area contributed by atoms with Crippen molar-refractivity contribution in [1.29, 1.82) is 0 Å². The van der Waals surface area contributed by atoms with E-state index in [1.165, 1.54) is 17.5 Å². The van der Waals surface area contributed by atoms with Gasteiger partial charge in [0.05, 0.1) is 7.11 Å². The van der Waals surface area contributed by atoms with Crippen LogP contribution >= 0.6 is 0 Å². The Kier molecular flexibility index (Phi) is 7.38. The Morgan fingerprint density at radius 2 is 1.81 bits per heavy atom. The minimum Gasteiger partial charge on any atom is -0.495 e. The highest BCUT2D eigenvalue weighted by Gasteiger charge is 2.33. The summed E-state index contributed by atoms with van der Waals surface area (Å²) < 4.78 is 33.7. The lowest BCUT2D eigenvalue weighted by Crippen LogP contribution is -2.42. The number of rotatable bonds is 7. The van der Waals surface area contributed by atoms with E-state index in [9.17, 15) is 13.2 Å². The van der Waals surface area contributed by atoms with Crippen LogP contribution in [0.25, 0.3) is 0 Å². The van der Waals surface area contributed by atoms with Crippen molar-refractivity contribution in [2.24, 2.45) is 0 Å². The lowest BCUT2D eigenvalue weighted by Gasteiger charge is -2.32. The minimum atomic E-state index is -3.78. The molecule has 2 aromatic rings. The zero-order valence-electron chi connectivity index (χ0n) is 18.8. The number of piperidine rings is 1. The van der Waals surface area contributed by atoms with Crippen LogP contribution in [0.5, 0.6) is 5.75 Å². The Labute approximate surface area is 185 Å². The van der Waals surface area contributed by atoms with Gasteiger partial charge in [0, 0.05) is 23.8 Å². The molecule has 1 fully saturated rings. The van der Waals surface area contributed by atoms with Gasteiger partial charge in [0.15, 0.2) is 0 Å². The summed E-state index contributed by atoms with van der Waals surface area (Å²) in [7, 11) is -2.34. The molecule has 1 heterocycles. The first kappa shape index (κ1) is 23.3. The van der Waals surface area contributed by atoms with Gasteiger partial charge >= 0.3 is 0 Å². The molecule has 1 amide bonds. The average Bonchev–Trinajstić information content (AvgIpc) is 2.78. The van der Waals surface area contributed by atoms with Crippen molar-refractivity contribution in [1.82, 2.24) is 4.31 Å². The fraction of sp³-hybridized carbons (Fsp3) is 0.458. The second-order valence-electron chi connectivity index (χ2n) is 7.94. The van der Waals surface area contributed by atoms with E-state index in [1.54, 1.807) is 12.1 Å². The lowest BCUT2D eigenvalue weighted by molar-refractivity contribution is 0.102. The number of aryl methyl sites for hydroxylation is 2. The first-order valence-electron chi connectivity index (χ1n) is 10.9. The maximum atomic E-state index is 13.4. The molecule has 2 aromatic carbocycles. The first-order chi connectivity index (χ1) is 14.8. The molecule has 0 bridgehead atoms. The van der Waals surface area contributed by atoms with Gasteiger partial charge in [-0.1, -0.05) is 38.5 Å². The third-order valence-electron chi connectivity index (χ3n) is 5.99. The van der Waals surface area contributed by atoms with Gasteiger partial charge in [-0.05, 0) is 61.9 Å². The molecule has 1 aliphatic rings. The maximum absolute atomic E-state index is 13.4. The predicted octanol–water partition coefficient (Wildman–Crippen LogP) is 4.64. The van der Waals surface area contributed by atoms with Crippen LogP contribution in [0.3, 0.4) is 0 Å². The van der Waals surface area contributed by atoms with Crippen molar-refractivity contribution in [3.05, 3.63) is 53.1 Å². The van der Waals surface area contributed by atoms with Crippen LogP contribution < -0.4 is 10.1 Å². The third kappa shape index (κ3) is 4.77. The van der Waals surface area contributed by atoms with E-state index in [0.717, 1.165) is 48.9 Å². The number of nitrogens with one attached hydrogen (secondary N) is 1. The monoisotopic (exact) mass is 444 g/mol. The van der Waals surface area contributed by atoms with E-state index >= 15 is 0 Å². The third-order valence-corrected chi connectivity index (χ3v) is 8.03. The van der Waals surface area contributed by atoms with Crippen molar-refractivity contribution in [3.63, 3.8) is 0 Å². The SMILES string of the molecule is CCc1cccc(CC)c1NC(=O)c1ccc(OC)c(S(=O)(=O)N2CCCCC2C)c1. The second kappa shape index (κ2) is 9.83. The molecule has 1 unspecified atom stereocenters. The van der Waals surface area contributed by atoms with E-state index in [0.29, 0.717) is 6.54 Å². The molecule has 1 saturated heterocycles. The van der Waals surface area contributed by atoms with Crippen LogP contribution in [0, 0.1) is 0 Å². The van der Waals surface area contributed by atoms with E-state index in [1.807, 2.05) is 39.0 Å². The van der Waals surface area contributed by atoms with Crippen molar-refractivity contribution < 1.29 is 17.9 Å². The number of ether oxygens (including phenoxy) is 1. The van der Waals surface area contributed by atoms with Crippen LogP contribution in [-0.4, -0.2) is 38.3 Å². The second-order valence-corrected chi connectivity index (χ2v) is 9.80. The molecule has 1 N–H and O–H groups in total. The van der Waals surface area contributed by atoms with Crippen LogP contribution in [-0.2, 0) is 22.9 Å². The summed E-state index contributed by atoms with van der Waals surface area (Å²) in [5, 5.41) is 3.01. The molecule has 168 valence electrons. The molecule has 7 heteroatoms. The van der Waals surface area contributed by atoms with Gasteiger partial charge in [-0.25, -0.2) is 8.42 Å². The number of benzene rings is 2. The average molecular weight is 445 g/mol. The normalized spacial score (nSPS) is 17.4. The molecule has 0 aliphatic carbocycles. The molecule has 1 aliphatic heterocycles. The molecule has 6 nitrogen and oxygen atoms in total.